The Hall–Kier alpha value is -1.92. The van der Waals surface area contributed by atoms with Crippen LogP contribution in [0.1, 0.15) is 5.56 Å². The highest BCUT2D eigenvalue weighted by Crippen LogP contribution is 2.12. The van der Waals surface area contributed by atoms with E-state index in [9.17, 15) is 12.8 Å². The van der Waals surface area contributed by atoms with Gasteiger partial charge in [-0.3, -0.25) is 0 Å². The molecule has 0 aliphatic heterocycles. The first-order valence-corrected chi connectivity index (χ1v) is 7.55. The third-order valence-corrected chi connectivity index (χ3v) is 4.22. The third-order valence-electron chi connectivity index (χ3n) is 2.76. The molecule has 0 atom stereocenters. The second-order valence-electron chi connectivity index (χ2n) is 4.35. The minimum Gasteiger partial charge on any atom is -0.399 e. The number of anilines is 1. The number of rotatable bonds is 5. The zero-order valence-electron chi connectivity index (χ0n) is 10.7. The van der Waals surface area contributed by atoms with E-state index in [1.54, 1.807) is 24.3 Å². The summed E-state index contributed by atoms with van der Waals surface area (Å²) in [4.78, 5) is 0.122. The standard InChI is InChI=1S/C14H15FN2O2S/c15-12-4-1-3-11(9-12)7-8-17-20(18,19)14-6-2-5-13(16)10-14/h1-6,9-10,17H,7-8,16H2. The van der Waals surface area contributed by atoms with Crippen molar-refractivity contribution in [1.82, 2.24) is 4.72 Å². The Morgan fingerprint density at radius 1 is 1.10 bits per heavy atom. The number of halogens is 1. The molecule has 20 heavy (non-hydrogen) atoms. The molecule has 106 valence electrons. The first kappa shape index (κ1) is 14.5. The molecule has 4 nitrogen and oxygen atoms in total. The lowest BCUT2D eigenvalue weighted by Crippen LogP contribution is -2.26. The quantitative estimate of drug-likeness (QED) is 0.828. The summed E-state index contributed by atoms with van der Waals surface area (Å²) in [6.45, 7) is 0.195. The van der Waals surface area contributed by atoms with E-state index >= 15 is 0 Å². The fourth-order valence-corrected chi connectivity index (χ4v) is 2.87. The van der Waals surface area contributed by atoms with Gasteiger partial charge in [0.15, 0.2) is 0 Å². The normalized spacial score (nSPS) is 11.4. The summed E-state index contributed by atoms with van der Waals surface area (Å²) in [5.41, 5.74) is 6.68. The van der Waals surface area contributed by atoms with Crippen molar-refractivity contribution in [2.24, 2.45) is 0 Å². The van der Waals surface area contributed by atoms with Crippen LogP contribution in [0.25, 0.3) is 0 Å². The van der Waals surface area contributed by atoms with E-state index in [0.29, 0.717) is 12.1 Å². The van der Waals surface area contributed by atoms with Crippen molar-refractivity contribution in [2.45, 2.75) is 11.3 Å². The Kier molecular flexibility index (Phi) is 4.36. The van der Waals surface area contributed by atoms with Crippen molar-refractivity contribution in [2.75, 3.05) is 12.3 Å². The molecule has 0 aliphatic carbocycles. The molecule has 3 N–H and O–H groups in total. The Morgan fingerprint density at radius 2 is 1.85 bits per heavy atom. The maximum absolute atomic E-state index is 13.0. The number of sulfonamides is 1. The van der Waals surface area contributed by atoms with Gasteiger partial charge >= 0.3 is 0 Å². The highest BCUT2D eigenvalue weighted by molar-refractivity contribution is 7.89. The summed E-state index contributed by atoms with van der Waals surface area (Å²) in [5.74, 6) is -0.332. The molecule has 0 amide bonds. The Balaban J connectivity index is 2.00. The molecule has 0 heterocycles. The van der Waals surface area contributed by atoms with Crippen molar-refractivity contribution in [1.29, 1.82) is 0 Å². The van der Waals surface area contributed by atoms with Gasteiger partial charge in [0.2, 0.25) is 10.0 Å². The zero-order chi connectivity index (χ0) is 14.6. The Bertz CT molecular complexity index is 702. The van der Waals surface area contributed by atoms with Gasteiger partial charge < -0.3 is 5.73 Å². The lowest BCUT2D eigenvalue weighted by Gasteiger charge is -2.07. The topological polar surface area (TPSA) is 72.2 Å². The highest BCUT2D eigenvalue weighted by atomic mass is 32.2. The fraction of sp³-hybridized carbons (Fsp3) is 0.143. The average Bonchev–Trinajstić information content (AvgIpc) is 2.38. The van der Waals surface area contributed by atoms with E-state index in [2.05, 4.69) is 4.72 Å². The highest BCUT2D eigenvalue weighted by Gasteiger charge is 2.13. The summed E-state index contributed by atoms with van der Waals surface area (Å²) >= 11 is 0. The molecule has 2 aromatic carbocycles. The van der Waals surface area contributed by atoms with E-state index < -0.39 is 10.0 Å². The summed E-state index contributed by atoms with van der Waals surface area (Å²) < 4.78 is 39.5. The predicted molar refractivity (Wildman–Crippen MR) is 76.1 cm³/mol. The van der Waals surface area contributed by atoms with Crippen LogP contribution in [0.3, 0.4) is 0 Å². The van der Waals surface area contributed by atoms with Gasteiger partial charge in [-0.05, 0) is 42.3 Å². The lowest BCUT2D eigenvalue weighted by atomic mass is 10.1. The monoisotopic (exact) mass is 294 g/mol. The van der Waals surface area contributed by atoms with Crippen molar-refractivity contribution >= 4 is 15.7 Å². The largest absolute Gasteiger partial charge is 0.399 e. The molecule has 0 fully saturated rings. The molecule has 0 unspecified atom stereocenters. The van der Waals surface area contributed by atoms with Gasteiger partial charge in [0.05, 0.1) is 4.90 Å². The van der Waals surface area contributed by atoms with Gasteiger partial charge in [-0.2, -0.15) is 0 Å². The van der Waals surface area contributed by atoms with E-state index in [4.69, 9.17) is 5.73 Å². The Labute approximate surface area is 117 Å². The maximum Gasteiger partial charge on any atom is 0.240 e. The van der Waals surface area contributed by atoms with Gasteiger partial charge in [0, 0.05) is 12.2 Å². The molecule has 0 aliphatic rings. The molecule has 2 rings (SSSR count). The average molecular weight is 294 g/mol. The number of hydrogen-bond acceptors (Lipinski definition) is 3. The summed E-state index contributed by atoms with van der Waals surface area (Å²) in [7, 11) is -3.59. The lowest BCUT2D eigenvalue weighted by molar-refractivity contribution is 0.581. The number of benzene rings is 2. The van der Waals surface area contributed by atoms with E-state index in [1.165, 1.54) is 24.3 Å². The molecule has 6 heteroatoms. The minimum absolute atomic E-state index is 0.122. The molecule has 2 aromatic rings. The summed E-state index contributed by atoms with van der Waals surface area (Å²) in [6, 6.07) is 12.1. The van der Waals surface area contributed by atoms with Crippen molar-refractivity contribution in [3.05, 3.63) is 59.9 Å². The van der Waals surface area contributed by atoms with Crippen LogP contribution in [0.15, 0.2) is 53.4 Å². The van der Waals surface area contributed by atoms with Crippen LogP contribution in [0, 0.1) is 5.82 Å². The first-order valence-electron chi connectivity index (χ1n) is 6.07. The van der Waals surface area contributed by atoms with Crippen LogP contribution >= 0.6 is 0 Å². The zero-order valence-corrected chi connectivity index (χ0v) is 11.5. The van der Waals surface area contributed by atoms with Crippen molar-refractivity contribution in [3.63, 3.8) is 0 Å². The second kappa shape index (κ2) is 6.02. The molecule has 0 spiro atoms. The molecule has 0 bridgehead atoms. The van der Waals surface area contributed by atoms with Gasteiger partial charge in [-0.25, -0.2) is 17.5 Å². The maximum atomic E-state index is 13.0. The van der Waals surface area contributed by atoms with Gasteiger partial charge in [0.25, 0.3) is 0 Å². The Morgan fingerprint density at radius 3 is 2.55 bits per heavy atom. The summed E-state index contributed by atoms with van der Waals surface area (Å²) in [5, 5.41) is 0. The van der Waals surface area contributed by atoms with E-state index in [-0.39, 0.29) is 17.3 Å². The van der Waals surface area contributed by atoms with E-state index in [1.807, 2.05) is 0 Å². The van der Waals surface area contributed by atoms with Crippen LogP contribution < -0.4 is 10.5 Å². The summed E-state index contributed by atoms with van der Waals surface area (Å²) in [6.07, 6.45) is 0.416. The number of nitrogens with one attached hydrogen (secondary N) is 1. The molecular weight excluding hydrogens is 279 g/mol. The molecule has 0 saturated heterocycles. The number of hydrogen-bond donors (Lipinski definition) is 2. The number of nitrogens with two attached hydrogens (primary N) is 1. The molecule has 0 aromatic heterocycles. The molecule has 0 saturated carbocycles. The van der Waals surface area contributed by atoms with Crippen molar-refractivity contribution < 1.29 is 12.8 Å². The minimum atomic E-state index is -3.59. The van der Waals surface area contributed by atoms with Gasteiger partial charge in [-0.1, -0.05) is 18.2 Å². The molecular formula is C14H15FN2O2S. The van der Waals surface area contributed by atoms with Crippen LogP contribution in [0.4, 0.5) is 10.1 Å². The van der Waals surface area contributed by atoms with Crippen LogP contribution in [0.5, 0.6) is 0 Å². The fourth-order valence-electron chi connectivity index (χ4n) is 1.79. The predicted octanol–water partition coefficient (Wildman–Crippen LogP) is 1.93. The van der Waals surface area contributed by atoms with Crippen LogP contribution in [0.2, 0.25) is 0 Å². The first-order chi connectivity index (χ1) is 9.47. The van der Waals surface area contributed by atoms with Crippen molar-refractivity contribution in [3.8, 4) is 0 Å². The molecule has 0 radical (unpaired) electrons. The third kappa shape index (κ3) is 3.79. The van der Waals surface area contributed by atoms with Gasteiger partial charge in [0.1, 0.15) is 5.82 Å². The van der Waals surface area contributed by atoms with Crippen LogP contribution in [-0.2, 0) is 16.4 Å². The number of nitrogen functional groups attached to an aromatic ring is 1. The van der Waals surface area contributed by atoms with E-state index in [0.717, 1.165) is 5.56 Å². The SMILES string of the molecule is Nc1cccc(S(=O)(=O)NCCc2cccc(F)c2)c1. The second-order valence-corrected chi connectivity index (χ2v) is 6.12. The van der Waals surface area contributed by atoms with Crippen LogP contribution in [-0.4, -0.2) is 15.0 Å². The smallest absolute Gasteiger partial charge is 0.240 e. The van der Waals surface area contributed by atoms with Gasteiger partial charge in [-0.15, -0.1) is 0 Å².